The average Bonchev–Trinajstić information content (AvgIpc) is 3.22. The first kappa shape index (κ1) is 25.4. The molecule has 0 saturated carbocycles. The number of nitrogens with zero attached hydrogens (tertiary/aromatic N) is 3. The van der Waals surface area contributed by atoms with Crippen molar-refractivity contribution in [1.82, 2.24) is 9.88 Å². The number of sulfone groups is 1. The van der Waals surface area contributed by atoms with Gasteiger partial charge in [-0.15, -0.1) is 12.4 Å². The van der Waals surface area contributed by atoms with Crippen LogP contribution in [0.1, 0.15) is 10.4 Å². The van der Waals surface area contributed by atoms with Gasteiger partial charge in [-0.2, -0.15) is 0 Å². The van der Waals surface area contributed by atoms with Gasteiger partial charge in [-0.3, -0.25) is 14.6 Å². The van der Waals surface area contributed by atoms with Crippen LogP contribution in [-0.2, 0) is 14.6 Å². The summed E-state index contributed by atoms with van der Waals surface area (Å²) < 4.78 is 35.2. The Balaban J connectivity index is 0.00000306. The van der Waals surface area contributed by atoms with Gasteiger partial charge in [0.05, 0.1) is 35.4 Å². The maximum Gasteiger partial charge on any atom is 0.260 e. The Morgan fingerprint density at radius 1 is 1.18 bits per heavy atom. The molecule has 11 heteroatoms. The predicted molar refractivity (Wildman–Crippen MR) is 132 cm³/mol. The van der Waals surface area contributed by atoms with Crippen molar-refractivity contribution in [1.29, 1.82) is 0 Å². The number of thiazole rings is 1. The van der Waals surface area contributed by atoms with Crippen molar-refractivity contribution in [2.75, 3.05) is 57.7 Å². The first-order valence-corrected chi connectivity index (χ1v) is 12.9. The largest absolute Gasteiger partial charge is 0.497 e. The lowest BCUT2D eigenvalue weighted by Gasteiger charge is -2.29. The highest BCUT2D eigenvalue weighted by molar-refractivity contribution is 7.90. The van der Waals surface area contributed by atoms with Gasteiger partial charge in [0.1, 0.15) is 5.75 Å². The number of aromatic nitrogens is 1. The fourth-order valence-electron chi connectivity index (χ4n) is 3.49. The first-order valence-electron chi connectivity index (χ1n) is 10.2. The van der Waals surface area contributed by atoms with Gasteiger partial charge in [0, 0.05) is 38.0 Å². The normalized spacial score (nSPS) is 14.6. The maximum atomic E-state index is 13.5. The summed E-state index contributed by atoms with van der Waals surface area (Å²) in [6.07, 6.45) is 1.15. The summed E-state index contributed by atoms with van der Waals surface area (Å²) in [7, 11) is -1.72. The van der Waals surface area contributed by atoms with Gasteiger partial charge in [-0.05, 0) is 42.5 Å². The Bertz CT molecular complexity index is 1210. The molecule has 1 saturated heterocycles. The number of anilines is 1. The van der Waals surface area contributed by atoms with Gasteiger partial charge in [-0.1, -0.05) is 11.3 Å². The molecule has 0 spiro atoms. The molecule has 0 radical (unpaired) electrons. The van der Waals surface area contributed by atoms with Crippen LogP contribution in [0.3, 0.4) is 0 Å². The molecule has 8 nitrogen and oxygen atoms in total. The van der Waals surface area contributed by atoms with Crippen LogP contribution in [0.2, 0.25) is 0 Å². The third kappa shape index (κ3) is 6.01. The van der Waals surface area contributed by atoms with Crippen molar-refractivity contribution in [2.24, 2.45) is 0 Å². The van der Waals surface area contributed by atoms with E-state index in [0.29, 0.717) is 37.0 Å². The standard InChI is InChI=1S/C22H25N3O5S2.ClH/c1-29-17-5-8-19-20(15-17)31-22(23-19)25(10-9-24-11-13-30-14-12-24)21(26)16-3-6-18(7-4-16)32(2,27)28;/h3-8,15H,9-14H2,1-2H3;1H. The Morgan fingerprint density at radius 2 is 1.88 bits per heavy atom. The second kappa shape index (κ2) is 10.8. The Hall–Kier alpha value is -2.24. The number of ether oxygens (including phenoxy) is 2. The van der Waals surface area contributed by atoms with Crippen LogP contribution in [0.5, 0.6) is 5.75 Å². The molecule has 2 heterocycles. The second-order valence-electron chi connectivity index (χ2n) is 7.54. The van der Waals surface area contributed by atoms with Gasteiger partial charge in [-0.25, -0.2) is 13.4 Å². The van der Waals surface area contributed by atoms with Gasteiger partial charge in [0.2, 0.25) is 0 Å². The van der Waals surface area contributed by atoms with E-state index >= 15 is 0 Å². The lowest BCUT2D eigenvalue weighted by molar-refractivity contribution is 0.0391. The summed E-state index contributed by atoms with van der Waals surface area (Å²) in [6.45, 7) is 4.16. The highest BCUT2D eigenvalue weighted by atomic mass is 35.5. The molecule has 0 unspecified atom stereocenters. The van der Waals surface area contributed by atoms with Crippen LogP contribution in [0.25, 0.3) is 10.2 Å². The fourth-order valence-corrected chi connectivity index (χ4v) is 5.13. The molecular weight excluding hydrogens is 486 g/mol. The molecule has 2 aromatic carbocycles. The molecule has 4 rings (SSSR count). The molecule has 0 aliphatic carbocycles. The number of methoxy groups -OCH3 is 1. The summed E-state index contributed by atoms with van der Waals surface area (Å²) in [5.74, 6) is 0.514. The van der Waals surface area contributed by atoms with E-state index < -0.39 is 9.84 Å². The summed E-state index contributed by atoms with van der Waals surface area (Å²) in [4.78, 5) is 22.2. The van der Waals surface area contributed by atoms with Crippen LogP contribution in [-0.4, -0.2) is 77.0 Å². The fraction of sp³-hybridized carbons (Fsp3) is 0.364. The van der Waals surface area contributed by atoms with Gasteiger partial charge >= 0.3 is 0 Å². The highest BCUT2D eigenvalue weighted by Gasteiger charge is 2.23. The van der Waals surface area contributed by atoms with Crippen molar-refractivity contribution in [2.45, 2.75) is 4.90 Å². The number of morpholine rings is 1. The molecule has 3 aromatic rings. The van der Waals surface area contributed by atoms with Crippen LogP contribution in [0, 0.1) is 0 Å². The molecule has 33 heavy (non-hydrogen) atoms. The molecule has 1 aliphatic heterocycles. The average molecular weight is 512 g/mol. The topological polar surface area (TPSA) is 89.0 Å². The molecule has 1 aromatic heterocycles. The van der Waals surface area contributed by atoms with Crippen LogP contribution in [0.15, 0.2) is 47.4 Å². The smallest absolute Gasteiger partial charge is 0.260 e. The molecule has 178 valence electrons. The minimum atomic E-state index is -3.33. The zero-order chi connectivity index (χ0) is 22.7. The lowest BCUT2D eigenvalue weighted by atomic mass is 10.2. The van der Waals surface area contributed by atoms with Crippen LogP contribution in [0.4, 0.5) is 5.13 Å². The Labute approximate surface area is 203 Å². The quantitative estimate of drug-likeness (QED) is 0.481. The molecule has 0 bridgehead atoms. The monoisotopic (exact) mass is 511 g/mol. The van der Waals surface area contributed by atoms with Crippen molar-refractivity contribution < 1.29 is 22.7 Å². The summed E-state index contributed by atoms with van der Waals surface area (Å²) in [5, 5.41) is 0.596. The van der Waals surface area contributed by atoms with Crippen LogP contribution >= 0.6 is 23.7 Å². The molecule has 1 fully saturated rings. The van der Waals surface area contributed by atoms with Crippen molar-refractivity contribution >= 4 is 54.8 Å². The number of carbonyl (C=O) groups is 1. The molecule has 0 N–H and O–H groups in total. The van der Waals surface area contributed by atoms with E-state index in [1.165, 1.54) is 23.5 Å². The number of benzene rings is 2. The van der Waals surface area contributed by atoms with Crippen molar-refractivity contribution in [3.05, 3.63) is 48.0 Å². The third-order valence-electron chi connectivity index (χ3n) is 5.33. The first-order chi connectivity index (χ1) is 15.3. The predicted octanol–water partition coefficient (Wildman–Crippen LogP) is 3.11. The van der Waals surface area contributed by atoms with Gasteiger partial charge < -0.3 is 9.47 Å². The van der Waals surface area contributed by atoms with E-state index in [1.807, 2.05) is 18.2 Å². The van der Waals surface area contributed by atoms with Gasteiger partial charge in [0.15, 0.2) is 15.0 Å². The van der Waals surface area contributed by atoms with E-state index in [1.54, 1.807) is 24.1 Å². The number of fused-ring (bicyclic) bond motifs is 1. The maximum absolute atomic E-state index is 13.5. The van der Waals surface area contributed by atoms with E-state index in [-0.39, 0.29) is 23.2 Å². The minimum absolute atomic E-state index is 0. The third-order valence-corrected chi connectivity index (χ3v) is 7.50. The molecular formula is C22H26ClN3O5S2. The summed E-state index contributed by atoms with van der Waals surface area (Å²) in [6, 6.07) is 11.7. The van der Waals surface area contributed by atoms with E-state index in [9.17, 15) is 13.2 Å². The molecule has 1 amide bonds. The number of hydrogen-bond donors (Lipinski definition) is 0. The lowest BCUT2D eigenvalue weighted by Crippen LogP contribution is -2.43. The van der Waals surface area contributed by atoms with E-state index in [4.69, 9.17) is 9.47 Å². The van der Waals surface area contributed by atoms with E-state index in [2.05, 4.69) is 9.88 Å². The number of rotatable bonds is 7. The Morgan fingerprint density at radius 3 is 2.52 bits per heavy atom. The molecule has 1 aliphatic rings. The molecule has 0 atom stereocenters. The second-order valence-corrected chi connectivity index (χ2v) is 10.6. The van der Waals surface area contributed by atoms with Crippen molar-refractivity contribution in [3.63, 3.8) is 0 Å². The van der Waals surface area contributed by atoms with Gasteiger partial charge in [0.25, 0.3) is 5.91 Å². The number of amides is 1. The number of halogens is 1. The number of hydrogen-bond acceptors (Lipinski definition) is 8. The summed E-state index contributed by atoms with van der Waals surface area (Å²) >= 11 is 1.43. The zero-order valence-electron chi connectivity index (χ0n) is 18.4. The highest BCUT2D eigenvalue weighted by Crippen LogP contribution is 2.32. The number of carbonyl (C=O) groups excluding carboxylic acids is 1. The van der Waals surface area contributed by atoms with Crippen molar-refractivity contribution in [3.8, 4) is 5.75 Å². The zero-order valence-corrected chi connectivity index (χ0v) is 20.8. The Kier molecular flexibility index (Phi) is 8.30. The van der Waals surface area contributed by atoms with E-state index in [0.717, 1.165) is 35.3 Å². The summed E-state index contributed by atoms with van der Waals surface area (Å²) in [5.41, 5.74) is 1.21. The SMILES string of the molecule is COc1ccc2nc(N(CCN3CCOCC3)C(=O)c3ccc(S(C)(=O)=O)cc3)sc2c1.Cl. The van der Waals surface area contributed by atoms with Crippen LogP contribution < -0.4 is 9.64 Å². The minimum Gasteiger partial charge on any atom is -0.497 e.